The molecule has 0 heterocycles. The molecular formula is C70H75FeNP4-6. The van der Waals surface area contributed by atoms with Crippen molar-refractivity contribution < 1.29 is 17.1 Å². The van der Waals surface area contributed by atoms with Crippen molar-refractivity contribution >= 4 is 79.4 Å². The zero-order chi connectivity index (χ0) is 52.6. The molecule has 1 N–H and O–H groups in total. The Hall–Kier alpha value is -5.34. The quantitative estimate of drug-likeness (QED) is 0.0440. The summed E-state index contributed by atoms with van der Waals surface area (Å²) in [6.45, 7) is 11.4. The van der Waals surface area contributed by atoms with Crippen LogP contribution in [-0.2, 0) is 17.1 Å². The van der Waals surface area contributed by atoms with Crippen LogP contribution in [0.1, 0.15) is 53.2 Å². The second-order valence-electron chi connectivity index (χ2n) is 18.9. The van der Waals surface area contributed by atoms with Gasteiger partial charge in [-0.05, 0) is 147 Å². The Labute approximate surface area is 472 Å². The molecule has 0 saturated heterocycles. The Kier molecular flexibility index (Phi) is 25.5. The predicted octanol–water partition coefficient (Wildman–Crippen LogP) is 14.9. The van der Waals surface area contributed by atoms with Gasteiger partial charge in [0, 0.05) is 17.1 Å². The van der Waals surface area contributed by atoms with Crippen LogP contribution < -0.4 is 53.1 Å². The number of aryl methyl sites for hydroxylation is 4. The summed E-state index contributed by atoms with van der Waals surface area (Å²) in [4.78, 5) is 0. The standard InChI is InChI=1S/C35H35P2.C28H28P2.C5H5.C2H7N.Fe/c1-25-19-26(2)22-32(21-25)36(33-23-27(3)20-28(4)24-33)29(5)34-17-12-18-35(34)37(30-13-8-6-9-14-30)31-15-10-7-11-16-31;1-5-15-25(16-6-1)29(26-17-7-2-8-18-26)23-13-14-24-30(27-19-9-3-10-20-27)28-21-11-4-12-22-28;1-2-4-5-3-1;1-3-2;/h6-24,29H,1-5H3;1-12,15-22H,13-14,23-24H2;1-5H;3H,1-2H3;/q-1;;-5;;. The number of unbranched alkanes of at least 4 members (excludes halogenated alkanes) is 1. The van der Waals surface area contributed by atoms with Crippen LogP contribution in [0.3, 0.4) is 0 Å². The number of benzene rings is 8. The van der Waals surface area contributed by atoms with E-state index in [4.69, 9.17) is 0 Å². The Morgan fingerprint density at radius 3 is 0.947 bits per heavy atom. The van der Waals surface area contributed by atoms with E-state index in [-0.39, 0.29) is 32.9 Å². The molecule has 1 unspecified atom stereocenters. The van der Waals surface area contributed by atoms with Crippen LogP contribution in [0, 0.1) is 27.7 Å². The summed E-state index contributed by atoms with van der Waals surface area (Å²) in [6.07, 6.45) is 5.06. The maximum Gasteiger partial charge on any atom is 0 e. The van der Waals surface area contributed by atoms with Gasteiger partial charge in [-0.3, -0.25) is 0 Å². The van der Waals surface area contributed by atoms with Crippen molar-refractivity contribution in [1.82, 2.24) is 5.32 Å². The van der Waals surface area contributed by atoms with E-state index in [0.29, 0.717) is 5.66 Å². The number of hydrogen-bond donors (Lipinski definition) is 1. The SMILES string of the molecule is CNC.Cc1cc(C)cc(P(c2cc(C)cc(C)c2)C(C)[c-]2cccc2P(c2ccccc2)c2ccccc2)c1.[Fe].[cH-]1[cH-][cH-][cH-][cH-]1.c1ccc(P(CCCCP(c2ccccc2)c2ccccc2)c2ccccc2)cc1. The van der Waals surface area contributed by atoms with E-state index >= 15 is 0 Å². The minimum Gasteiger partial charge on any atom is -0.748 e. The molecule has 0 amide bonds. The van der Waals surface area contributed by atoms with Gasteiger partial charge in [-0.25, -0.2) is 12.1 Å². The van der Waals surface area contributed by atoms with Crippen LogP contribution in [0.4, 0.5) is 0 Å². The van der Waals surface area contributed by atoms with Gasteiger partial charge in [0.2, 0.25) is 0 Å². The van der Waals surface area contributed by atoms with Crippen molar-refractivity contribution in [3.8, 4) is 0 Å². The Morgan fingerprint density at radius 1 is 0.382 bits per heavy atom. The van der Waals surface area contributed by atoms with E-state index in [2.05, 4.69) is 277 Å². The monoisotopic (exact) mass is 1110 g/mol. The topological polar surface area (TPSA) is 12.0 Å². The first kappa shape index (κ1) is 59.9. The van der Waals surface area contributed by atoms with E-state index in [0.717, 1.165) is 0 Å². The van der Waals surface area contributed by atoms with Gasteiger partial charge in [0.05, 0.1) is 0 Å². The summed E-state index contributed by atoms with van der Waals surface area (Å²) in [7, 11) is 1.95. The van der Waals surface area contributed by atoms with Crippen LogP contribution >= 0.6 is 31.7 Å². The third kappa shape index (κ3) is 17.9. The van der Waals surface area contributed by atoms with E-state index in [1.807, 2.05) is 44.4 Å². The van der Waals surface area contributed by atoms with E-state index in [1.54, 1.807) is 0 Å². The molecular weight excluding hydrogens is 1030 g/mol. The number of nitrogens with one attached hydrogen (secondary N) is 1. The zero-order valence-electron chi connectivity index (χ0n) is 45.5. The summed E-state index contributed by atoms with van der Waals surface area (Å²) >= 11 is 0. The van der Waals surface area contributed by atoms with Crippen LogP contribution in [-0.4, -0.2) is 26.4 Å². The first-order valence-corrected chi connectivity index (χ1v) is 32.2. The average molecular weight is 1110 g/mol. The van der Waals surface area contributed by atoms with Gasteiger partial charge < -0.3 is 35.6 Å². The first-order chi connectivity index (χ1) is 36.7. The van der Waals surface area contributed by atoms with Crippen molar-refractivity contribution in [3.63, 3.8) is 0 Å². The molecule has 0 fully saturated rings. The molecule has 0 aliphatic carbocycles. The molecule has 10 aromatic carbocycles. The fourth-order valence-corrected chi connectivity index (χ4v) is 20.1. The summed E-state index contributed by atoms with van der Waals surface area (Å²) in [5, 5.41) is 16.0. The molecule has 0 aliphatic rings. The van der Waals surface area contributed by atoms with Gasteiger partial charge >= 0.3 is 0 Å². The number of hydrogen-bond acceptors (Lipinski definition) is 1. The van der Waals surface area contributed by atoms with Crippen LogP contribution in [0.25, 0.3) is 0 Å². The van der Waals surface area contributed by atoms with Crippen molar-refractivity contribution in [3.05, 3.63) is 295 Å². The maximum atomic E-state index is 2.75. The van der Waals surface area contributed by atoms with Crippen molar-refractivity contribution in [2.75, 3.05) is 26.4 Å². The summed E-state index contributed by atoms with van der Waals surface area (Å²) in [5.74, 6) is 0. The van der Waals surface area contributed by atoms with Gasteiger partial charge in [-0.2, -0.15) is 6.07 Å². The molecule has 0 aliphatic heterocycles. The first-order valence-electron chi connectivity index (χ1n) is 26.4. The molecule has 0 radical (unpaired) electrons. The predicted molar refractivity (Wildman–Crippen MR) is 341 cm³/mol. The second-order valence-corrected chi connectivity index (χ2v) is 28.3. The number of rotatable bonds is 16. The summed E-state index contributed by atoms with van der Waals surface area (Å²) < 4.78 is 0. The Morgan fingerprint density at radius 2 is 0.658 bits per heavy atom. The fraction of sp³-hybridized carbons (Fsp3) is 0.171. The Balaban J connectivity index is 0.000000216. The van der Waals surface area contributed by atoms with E-state index < -0.39 is 15.8 Å². The molecule has 1 nitrogen and oxygen atoms in total. The molecule has 10 aromatic rings. The van der Waals surface area contributed by atoms with Crippen LogP contribution in [0.5, 0.6) is 0 Å². The van der Waals surface area contributed by atoms with Crippen LogP contribution in [0.2, 0.25) is 0 Å². The van der Waals surface area contributed by atoms with E-state index in [1.165, 1.54) is 101 Å². The summed E-state index contributed by atoms with van der Waals surface area (Å²) in [5.41, 5.74) is 7.26. The van der Waals surface area contributed by atoms with Gasteiger partial charge in [0.15, 0.2) is 0 Å². The minimum atomic E-state index is -0.639. The van der Waals surface area contributed by atoms with Gasteiger partial charge in [0.1, 0.15) is 0 Å². The van der Waals surface area contributed by atoms with E-state index in [9.17, 15) is 0 Å². The molecule has 6 heteroatoms. The minimum absolute atomic E-state index is 0. The zero-order valence-corrected chi connectivity index (χ0v) is 50.1. The van der Waals surface area contributed by atoms with Gasteiger partial charge in [0.25, 0.3) is 0 Å². The molecule has 394 valence electrons. The van der Waals surface area contributed by atoms with Gasteiger partial charge in [-0.15, -0.1) is 10.9 Å². The molecule has 10 rings (SSSR count). The van der Waals surface area contributed by atoms with Gasteiger partial charge in [-0.1, -0.05) is 248 Å². The normalized spacial score (nSPS) is 11.1. The smallest absolute Gasteiger partial charge is 0 e. The fourth-order valence-electron chi connectivity index (χ4n) is 9.58. The summed E-state index contributed by atoms with van der Waals surface area (Å²) in [6, 6.07) is 97.8. The van der Waals surface area contributed by atoms with Crippen molar-refractivity contribution in [2.24, 2.45) is 0 Å². The van der Waals surface area contributed by atoms with Crippen molar-refractivity contribution in [1.29, 1.82) is 0 Å². The molecule has 0 aromatic heterocycles. The Bertz CT molecular complexity index is 2800. The third-order valence-corrected chi connectivity index (χ3v) is 23.2. The largest absolute Gasteiger partial charge is 0.748 e. The molecule has 0 bridgehead atoms. The molecule has 0 saturated carbocycles. The average Bonchev–Trinajstić information content (AvgIpc) is 4.20. The maximum absolute atomic E-state index is 2.75. The van der Waals surface area contributed by atoms with Crippen LogP contribution in [0.15, 0.2) is 267 Å². The third-order valence-electron chi connectivity index (χ3n) is 12.7. The molecule has 76 heavy (non-hydrogen) atoms. The molecule has 1 atom stereocenters. The molecule has 0 spiro atoms. The second kappa shape index (κ2) is 32.4. The van der Waals surface area contributed by atoms with Crippen molar-refractivity contribution in [2.45, 2.75) is 53.1 Å².